The van der Waals surface area contributed by atoms with Gasteiger partial charge in [-0.15, -0.1) is 6.42 Å². The number of terminal acetylenes is 1. The zero-order chi connectivity index (χ0) is 18.8. The van der Waals surface area contributed by atoms with Crippen LogP contribution in [-0.2, 0) is 0 Å². The van der Waals surface area contributed by atoms with Crippen LogP contribution in [0.15, 0.2) is 35.3 Å². The minimum absolute atomic E-state index is 0.0980. The molecule has 8 heteroatoms. The lowest BCUT2D eigenvalue weighted by molar-refractivity contribution is 0.146. The first kappa shape index (κ1) is 17.5. The van der Waals surface area contributed by atoms with E-state index in [1.54, 1.807) is 6.92 Å². The van der Waals surface area contributed by atoms with E-state index in [2.05, 4.69) is 26.2 Å². The van der Waals surface area contributed by atoms with Crippen LogP contribution in [0.4, 0.5) is 19.0 Å². The van der Waals surface area contributed by atoms with Gasteiger partial charge in [0.15, 0.2) is 0 Å². The van der Waals surface area contributed by atoms with Crippen LogP contribution in [0.2, 0.25) is 0 Å². The summed E-state index contributed by atoms with van der Waals surface area (Å²) in [5.74, 6) is 1.89. The SMILES string of the molecule is C#CC(Nc1nc(C)nc2cc(=O)[nH]cc12)c1cccc(C(F)F)c1F. The number of aromatic nitrogens is 3. The second kappa shape index (κ2) is 6.88. The average molecular weight is 358 g/mol. The van der Waals surface area contributed by atoms with E-state index in [1.807, 2.05) is 0 Å². The molecule has 3 aromatic rings. The smallest absolute Gasteiger partial charge is 0.266 e. The van der Waals surface area contributed by atoms with Gasteiger partial charge in [-0.05, 0) is 6.92 Å². The summed E-state index contributed by atoms with van der Waals surface area (Å²) in [7, 11) is 0. The molecule has 0 aliphatic heterocycles. The summed E-state index contributed by atoms with van der Waals surface area (Å²) in [5.41, 5.74) is -0.788. The van der Waals surface area contributed by atoms with E-state index in [9.17, 15) is 18.0 Å². The monoisotopic (exact) mass is 358 g/mol. The Labute approximate surface area is 146 Å². The van der Waals surface area contributed by atoms with Crippen LogP contribution in [0.25, 0.3) is 10.9 Å². The summed E-state index contributed by atoms with van der Waals surface area (Å²) in [6.07, 6.45) is 3.93. The van der Waals surface area contributed by atoms with Crippen molar-refractivity contribution in [2.75, 3.05) is 5.32 Å². The third-order valence-electron chi connectivity index (χ3n) is 3.77. The number of nitrogens with zero attached hydrogens (tertiary/aromatic N) is 2. The molecule has 0 saturated heterocycles. The predicted molar refractivity (Wildman–Crippen MR) is 91.4 cm³/mol. The Morgan fingerprint density at radius 2 is 2.00 bits per heavy atom. The molecular weight excluding hydrogens is 345 g/mol. The molecule has 0 fully saturated rings. The first-order valence-electron chi connectivity index (χ1n) is 7.57. The zero-order valence-electron chi connectivity index (χ0n) is 13.6. The van der Waals surface area contributed by atoms with Gasteiger partial charge in [0.05, 0.1) is 16.5 Å². The fraction of sp³-hybridized carbons (Fsp3) is 0.167. The van der Waals surface area contributed by atoms with Gasteiger partial charge in [-0.2, -0.15) is 0 Å². The number of benzene rings is 1. The average Bonchev–Trinajstić information content (AvgIpc) is 2.59. The number of H-pyrrole nitrogens is 1. The number of halogens is 3. The van der Waals surface area contributed by atoms with Crippen LogP contribution in [0.1, 0.15) is 29.4 Å². The summed E-state index contributed by atoms with van der Waals surface area (Å²) < 4.78 is 40.3. The van der Waals surface area contributed by atoms with Crippen LogP contribution in [-0.4, -0.2) is 15.0 Å². The standard InChI is InChI=1S/C18H13F3N4O/c1-3-13(10-5-4-6-11(16(10)19)17(20)21)25-18-12-8-22-15(26)7-14(12)23-9(2)24-18/h1,4-8,13,17H,2H3,(H,22,26)(H,23,24,25). The zero-order valence-corrected chi connectivity index (χ0v) is 13.6. The Morgan fingerprint density at radius 1 is 1.27 bits per heavy atom. The van der Waals surface area contributed by atoms with Gasteiger partial charge in [-0.1, -0.05) is 24.1 Å². The quantitative estimate of drug-likeness (QED) is 0.701. The maximum Gasteiger partial charge on any atom is 0.266 e. The van der Waals surface area contributed by atoms with E-state index in [0.29, 0.717) is 16.7 Å². The number of pyridine rings is 1. The molecule has 132 valence electrons. The largest absolute Gasteiger partial charge is 0.352 e. The Kier molecular flexibility index (Phi) is 4.63. The van der Waals surface area contributed by atoms with Gasteiger partial charge in [0.2, 0.25) is 5.56 Å². The number of rotatable bonds is 4. The molecule has 0 aliphatic carbocycles. The summed E-state index contributed by atoms with van der Waals surface area (Å²) in [5, 5.41) is 3.32. The minimum atomic E-state index is -2.96. The second-order valence-electron chi connectivity index (χ2n) is 5.51. The van der Waals surface area contributed by atoms with Crippen LogP contribution >= 0.6 is 0 Å². The molecule has 26 heavy (non-hydrogen) atoms. The molecule has 0 spiro atoms. The van der Waals surface area contributed by atoms with E-state index >= 15 is 0 Å². The van der Waals surface area contributed by atoms with Gasteiger partial charge in [0.1, 0.15) is 23.5 Å². The van der Waals surface area contributed by atoms with Crippen molar-refractivity contribution in [2.45, 2.75) is 19.4 Å². The molecule has 1 atom stereocenters. The molecule has 0 saturated carbocycles. The summed E-state index contributed by atoms with van der Waals surface area (Å²) >= 11 is 0. The van der Waals surface area contributed by atoms with E-state index in [4.69, 9.17) is 6.42 Å². The van der Waals surface area contributed by atoms with Crippen molar-refractivity contribution in [3.05, 3.63) is 63.6 Å². The molecule has 2 aromatic heterocycles. The number of aromatic amines is 1. The lowest BCUT2D eigenvalue weighted by atomic mass is 10.0. The lowest BCUT2D eigenvalue weighted by Gasteiger charge is -2.17. The fourth-order valence-electron chi connectivity index (χ4n) is 2.58. The van der Waals surface area contributed by atoms with E-state index in [1.165, 1.54) is 24.4 Å². The molecule has 2 heterocycles. The predicted octanol–water partition coefficient (Wildman–Crippen LogP) is 3.49. The molecule has 5 nitrogen and oxygen atoms in total. The number of aryl methyl sites for hydroxylation is 1. The van der Waals surface area contributed by atoms with Crippen LogP contribution < -0.4 is 10.9 Å². The van der Waals surface area contributed by atoms with Gasteiger partial charge in [0, 0.05) is 17.8 Å². The molecule has 0 bridgehead atoms. The van der Waals surface area contributed by atoms with Gasteiger partial charge < -0.3 is 10.3 Å². The minimum Gasteiger partial charge on any atom is -0.352 e. The molecule has 1 unspecified atom stereocenters. The molecule has 3 rings (SSSR count). The summed E-state index contributed by atoms with van der Waals surface area (Å²) in [6, 6.07) is 3.89. The Morgan fingerprint density at radius 3 is 2.69 bits per heavy atom. The topological polar surface area (TPSA) is 70.7 Å². The van der Waals surface area contributed by atoms with Gasteiger partial charge in [-0.25, -0.2) is 23.1 Å². The van der Waals surface area contributed by atoms with Gasteiger partial charge in [-0.3, -0.25) is 4.79 Å². The van der Waals surface area contributed by atoms with Crippen molar-refractivity contribution in [3.63, 3.8) is 0 Å². The highest BCUT2D eigenvalue weighted by Gasteiger charge is 2.21. The Balaban J connectivity index is 2.08. The van der Waals surface area contributed by atoms with E-state index in [0.717, 1.165) is 6.07 Å². The first-order valence-corrected chi connectivity index (χ1v) is 7.57. The number of hydrogen-bond acceptors (Lipinski definition) is 4. The number of nitrogens with one attached hydrogen (secondary N) is 2. The van der Waals surface area contributed by atoms with Crippen molar-refractivity contribution < 1.29 is 13.2 Å². The molecule has 0 aliphatic rings. The maximum atomic E-state index is 14.4. The Bertz CT molecular complexity index is 1070. The highest BCUT2D eigenvalue weighted by Crippen LogP contribution is 2.29. The highest BCUT2D eigenvalue weighted by molar-refractivity contribution is 5.88. The van der Waals surface area contributed by atoms with Crippen molar-refractivity contribution in [1.82, 2.24) is 15.0 Å². The van der Waals surface area contributed by atoms with Gasteiger partial charge in [0.25, 0.3) is 6.43 Å². The van der Waals surface area contributed by atoms with Crippen LogP contribution in [0.3, 0.4) is 0 Å². The summed E-state index contributed by atoms with van der Waals surface area (Å²) in [6.45, 7) is 1.62. The molecular formula is C18H13F3N4O. The van der Waals surface area contributed by atoms with Gasteiger partial charge >= 0.3 is 0 Å². The third kappa shape index (κ3) is 3.24. The normalized spacial score (nSPS) is 12.2. The van der Waals surface area contributed by atoms with Crippen molar-refractivity contribution >= 4 is 16.7 Å². The summed E-state index contributed by atoms with van der Waals surface area (Å²) in [4.78, 5) is 22.3. The second-order valence-corrected chi connectivity index (χ2v) is 5.51. The van der Waals surface area contributed by atoms with Crippen LogP contribution in [0.5, 0.6) is 0 Å². The Hall–Kier alpha value is -3.34. The number of anilines is 1. The number of hydrogen-bond donors (Lipinski definition) is 2. The van der Waals surface area contributed by atoms with E-state index in [-0.39, 0.29) is 16.9 Å². The highest BCUT2D eigenvalue weighted by atomic mass is 19.3. The molecule has 0 radical (unpaired) electrons. The molecule has 0 amide bonds. The van der Waals surface area contributed by atoms with Crippen molar-refractivity contribution in [3.8, 4) is 12.3 Å². The van der Waals surface area contributed by atoms with Crippen molar-refractivity contribution in [1.29, 1.82) is 0 Å². The molecule has 2 N–H and O–H groups in total. The van der Waals surface area contributed by atoms with E-state index < -0.39 is 23.8 Å². The van der Waals surface area contributed by atoms with Crippen LogP contribution in [0, 0.1) is 25.1 Å². The number of alkyl halides is 2. The first-order chi connectivity index (χ1) is 12.4. The third-order valence-corrected chi connectivity index (χ3v) is 3.77. The van der Waals surface area contributed by atoms with Crippen molar-refractivity contribution in [2.24, 2.45) is 0 Å². The number of fused-ring (bicyclic) bond motifs is 1. The molecule has 1 aromatic carbocycles. The maximum absolute atomic E-state index is 14.4. The fourth-order valence-corrected chi connectivity index (χ4v) is 2.58. The lowest BCUT2D eigenvalue weighted by Crippen LogP contribution is -2.14.